The molecule has 38 heavy (non-hydrogen) atoms. The van der Waals surface area contributed by atoms with Crippen molar-refractivity contribution < 1.29 is 9.53 Å². The molecule has 4 aromatic rings. The summed E-state index contributed by atoms with van der Waals surface area (Å²) in [5.41, 5.74) is 5.09. The molecule has 0 radical (unpaired) electrons. The number of ether oxygens (including phenoxy) is 1. The van der Waals surface area contributed by atoms with E-state index in [0.717, 1.165) is 40.2 Å². The normalized spacial score (nSPS) is 11.7. The highest BCUT2D eigenvalue weighted by atomic mass is 35.5. The molecule has 200 valence electrons. The van der Waals surface area contributed by atoms with Crippen molar-refractivity contribution in [1.82, 2.24) is 19.5 Å². The standard InChI is InChI=1S/C29H36ClN5O2Si/c1-5-38(6-2,7-3)19-18-37-17-16-35-28(22-11-14-32-25(20-22)34-21(4)36)26(24-10-8-9-13-31-24)27-29(35)23(30)12-15-33-27/h8-15,20H,5-7,16-19H2,1-4H3,(H,32,34,36). The second-order valence-electron chi connectivity index (χ2n) is 9.61. The van der Waals surface area contributed by atoms with Gasteiger partial charge in [0.05, 0.1) is 47.7 Å². The number of pyridine rings is 3. The highest BCUT2D eigenvalue weighted by Crippen LogP contribution is 2.41. The lowest BCUT2D eigenvalue weighted by molar-refractivity contribution is -0.114. The van der Waals surface area contributed by atoms with Gasteiger partial charge in [-0.05, 0) is 36.4 Å². The van der Waals surface area contributed by atoms with Gasteiger partial charge in [-0.25, -0.2) is 4.98 Å². The minimum absolute atomic E-state index is 0.177. The Labute approximate surface area is 230 Å². The van der Waals surface area contributed by atoms with Crippen LogP contribution in [0, 0.1) is 0 Å². The first-order chi connectivity index (χ1) is 18.4. The fraction of sp³-hybridized carbons (Fsp3) is 0.379. The Morgan fingerprint density at radius 3 is 2.45 bits per heavy atom. The first-order valence-electron chi connectivity index (χ1n) is 13.3. The van der Waals surface area contributed by atoms with Crippen LogP contribution in [-0.4, -0.2) is 46.7 Å². The molecule has 1 amide bonds. The predicted molar refractivity (Wildman–Crippen MR) is 158 cm³/mol. The monoisotopic (exact) mass is 549 g/mol. The second kappa shape index (κ2) is 12.6. The van der Waals surface area contributed by atoms with Crippen molar-refractivity contribution in [3.05, 3.63) is 60.0 Å². The van der Waals surface area contributed by atoms with Crippen LogP contribution in [0.2, 0.25) is 29.2 Å². The van der Waals surface area contributed by atoms with Gasteiger partial charge in [0.25, 0.3) is 0 Å². The molecule has 0 aliphatic rings. The minimum Gasteiger partial charge on any atom is -0.380 e. The Balaban J connectivity index is 1.77. The number of carbonyl (C=O) groups is 1. The Morgan fingerprint density at radius 2 is 1.76 bits per heavy atom. The molecule has 9 heteroatoms. The van der Waals surface area contributed by atoms with E-state index in [1.807, 2.05) is 36.4 Å². The van der Waals surface area contributed by atoms with Gasteiger partial charge in [-0.2, -0.15) is 0 Å². The molecule has 0 bridgehead atoms. The van der Waals surface area contributed by atoms with Crippen LogP contribution in [0.25, 0.3) is 33.5 Å². The van der Waals surface area contributed by atoms with E-state index in [-0.39, 0.29) is 5.91 Å². The lowest BCUT2D eigenvalue weighted by Gasteiger charge is -2.27. The van der Waals surface area contributed by atoms with Crippen LogP contribution in [0.3, 0.4) is 0 Å². The van der Waals surface area contributed by atoms with Crippen LogP contribution in [0.15, 0.2) is 55.0 Å². The maximum atomic E-state index is 11.7. The maximum Gasteiger partial charge on any atom is 0.222 e. The van der Waals surface area contributed by atoms with Crippen molar-refractivity contribution in [2.75, 3.05) is 18.5 Å². The number of anilines is 1. The number of hydrogen-bond acceptors (Lipinski definition) is 5. The fourth-order valence-electron chi connectivity index (χ4n) is 5.16. The summed E-state index contributed by atoms with van der Waals surface area (Å²) in [6.07, 6.45) is 5.19. The van der Waals surface area contributed by atoms with Crippen molar-refractivity contribution in [1.29, 1.82) is 0 Å². The van der Waals surface area contributed by atoms with E-state index in [0.29, 0.717) is 24.0 Å². The smallest absolute Gasteiger partial charge is 0.222 e. The van der Waals surface area contributed by atoms with Crippen LogP contribution >= 0.6 is 11.6 Å². The third-order valence-corrected chi connectivity index (χ3v) is 13.7. The first-order valence-corrected chi connectivity index (χ1v) is 16.5. The predicted octanol–water partition coefficient (Wildman–Crippen LogP) is 7.30. The number of aromatic nitrogens is 4. The number of hydrogen-bond donors (Lipinski definition) is 1. The maximum absolute atomic E-state index is 11.7. The fourth-order valence-corrected chi connectivity index (χ4v) is 8.55. The zero-order valence-electron chi connectivity index (χ0n) is 22.6. The summed E-state index contributed by atoms with van der Waals surface area (Å²) in [5, 5.41) is 3.41. The lowest BCUT2D eigenvalue weighted by atomic mass is 10.0. The Hall–Kier alpha value is -3.07. The quantitative estimate of drug-likeness (QED) is 0.148. The zero-order chi connectivity index (χ0) is 27.1. The van der Waals surface area contributed by atoms with Crippen molar-refractivity contribution in [3.8, 4) is 22.5 Å². The summed E-state index contributed by atoms with van der Waals surface area (Å²) in [5.74, 6) is 0.304. The number of fused-ring (bicyclic) bond motifs is 1. The average Bonchev–Trinajstić information content (AvgIpc) is 3.27. The van der Waals surface area contributed by atoms with Crippen LogP contribution in [0.4, 0.5) is 5.82 Å². The number of amides is 1. The van der Waals surface area contributed by atoms with Gasteiger partial charge in [-0.3, -0.25) is 14.8 Å². The molecule has 4 heterocycles. The van der Waals surface area contributed by atoms with E-state index >= 15 is 0 Å². The van der Waals surface area contributed by atoms with Crippen LogP contribution in [0.1, 0.15) is 27.7 Å². The molecule has 0 aromatic carbocycles. The van der Waals surface area contributed by atoms with Gasteiger partial charge in [-0.1, -0.05) is 56.6 Å². The highest BCUT2D eigenvalue weighted by Gasteiger charge is 2.26. The average molecular weight is 550 g/mol. The second-order valence-corrected chi connectivity index (χ2v) is 15.6. The zero-order valence-corrected chi connectivity index (χ0v) is 24.4. The number of nitrogens with zero attached hydrogens (tertiary/aromatic N) is 4. The van der Waals surface area contributed by atoms with E-state index < -0.39 is 8.07 Å². The molecule has 0 atom stereocenters. The summed E-state index contributed by atoms with van der Waals surface area (Å²) < 4.78 is 8.41. The van der Waals surface area contributed by atoms with Gasteiger partial charge < -0.3 is 14.6 Å². The molecule has 0 saturated heterocycles. The summed E-state index contributed by atoms with van der Waals surface area (Å²) in [7, 11) is -1.24. The Morgan fingerprint density at radius 1 is 1.00 bits per heavy atom. The third kappa shape index (κ3) is 5.98. The summed E-state index contributed by atoms with van der Waals surface area (Å²) in [6, 6.07) is 16.5. The Bertz CT molecular complexity index is 1380. The van der Waals surface area contributed by atoms with E-state index in [1.54, 1.807) is 18.6 Å². The molecule has 4 rings (SSSR count). The largest absolute Gasteiger partial charge is 0.380 e. The van der Waals surface area contributed by atoms with Gasteiger partial charge in [-0.15, -0.1) is 0 Å². The molecule has 0 aliphatic heterocycles. The van der Waals surface area contributed by atoms with Crippen LogP contribution in [0.5, 0.6) is 0 Å². The topological polar surface area (TPSA) is 81.9 Å². The Kier molecular flexibility index (Phi) is 9.30. The molecule has 0 unspecified atom stereocenters. The SMILES string of the molecule is CC[Si](CC)(CC)CCOCCn1c(-c2ccnc(NC(C)=O)c2)c(-c2ccccn2)c2nccc(Cl)c21. The minimum atomic E-state index is -1.24. The number of nitrogens with one attached hydrogen (secondary N) is 1. The summed E-state index contributed by atoms with van der Waals surface area (Å²) in [6.45, 7) is 10.4. The lowest BCUT2D eigenvalue weighted by Crippen LogP contribution is -2.32. The van der Waals surface area contributed by atoms with Crippen LogP contribution in [-0.2, 0) is 16.1 Å². The molecule has 4 aromatic heterocycles. The molecule has 0 spiro atoms. The van der Waals surface area contributed by atoms with E-state index in [1.165, 1.54) is 31.1 Å². The summed E-state index contributed by atoms with van der Waals surface area (Å²) >= 11 is 6.79. The molecule has 0 aliphatic carbocycles. The van der Waals surface area contributed by atoms with Crippen molar-refractivity contribution >= 4 is 42.4 Å². The molecular weight excluding hydrogens is 514 g/mol. The van der Waals surface area contributed by atoms with E-state index in [2.05, 4.69) is 40.6 Å². The van der Waals surface area contributed by atoms with Gasteiger partial charge in [0.2, 0.25) is 5.91 Å². The van der Waals surface area contributed by atoms with Crippen molar-refractivity contribution in [3.63, 3.8) is 0 Å². The molecule has 7 nitrogen and oxygen atoms in total. The van der Waals surface area contributed by atoms with Gasteiger partial charge in [0, 0.05) is 44.2 Å². The van der Waals surface area contributed by atoms with Gasteiger partial charge in [0.15, 0.2) is 0 Å². The number of carbonyl (C=O) groups excluding carboxylic acids is 1. The molecule has 1 N–H and O–H groups in total. The van der Waals surface area contributed by atoms with Crippen molar-refractivity contribution in [2.45, 2.75) is 58.4 Å². The summed E-state index contributed by atoms with van der Waals surface area (Å²) in [4.78, 5) is 25.5. The van der Waals surface area contributed by atoms with Crippen molar-refractivity contribution in [2.24, 2.45) is 0 Å². The number of rotatable bonds is 12. The van der Waals surface area contributed by atoms with Crippen LogP contribution < -0.4 is 5.32 Å². The third-order valence-electron chi connectivity index (χ3n) is 7.63. The van der Waals surface area contributed by atoms with E-state index in [9.17, 15) is 4.79 Å². The van der Waals surface area contributed by atoms with E-state index in [4.69, 9.17) is 21.3 Å². The van der Waals surface area contributed by atoms with Gasteiger partial charge in [0.1, 0.15) is 5.82 Å². The van der Waals surface area contributed by atoms with Gasteiger partial charge >= 0.3 is 0 Å². The molecule has 0 fully saturated rings. The molecule has 0 saturated carbocycles. The first kappa shape index (κ1) is 27.9. The number of halogens is 1. The molecular formula is C29H36ClN5O2Si. The highest BCUT2D eigenvalue weighted by molar-refractivity contribution is 6.79.